The third kappa shape index (κ3) is 4.21. The van der Waals surface area contributed by atoms with Crippen LogP contribution in [-0.4, -0.2) is 32.4 Å². The van der Waals surface area contributed by atoms with E-state index in [1.165, 1.54) is 0 Å². The lowest BCUT2D eigenvalue weighted by Gasteiger charge is -2.09. The summed E-state index contributed by atoms with van der Waals surface area (Å²) >= 11 is 0. The number of esters is 1. The van der Waals surface area contributed by atoms with E-state index in [4.69, 9.17) is 0 Å². The van der Waals surface area contributed by atoms with Crippen LogP contribution in [0.5, 0.6) is 5.75 Å². The predicted molar refractivity (Wildman–Crippen MR) is 62.1 cm³/mol. The molecule has 0 spiro atoms. The monoisotopic (exact) mass is 277 g/mol. The molecule has 0 aromatic heterocycles. The molecule has 0 heterocycles. The maximum Gasteiger partial charge on any atom is 0.306 e. The van der Waals surface area contributed by atoms with Gasteiger partial charge in [-0.25, -0.2) is 12.8 Å². The van der Waals surface area contributed by atoms with Crippen molar-refractivity contribution in [2.24, 2.45) is 0 Å². The topological polar surface area (TPSA) is 92.7 Å². The van der Waals surface area contributed by atoms with E-state index in [9.17, 15) is 22.7 Å². The highest BCUT2D eigenvalue weighted by Crippen LogP contribution is 2.24. The first-order valence-corrected chi connectivity index (χ1v) is 6.55. The van der Waals surface area contributed by atoms with Crippen LogP contribution >= 0.6 is 0 Å². The molecule has 0 saturated heterocycles. The quantitative estimate of drug-likeness (QED) is 0.614. The Balaban J connectivity index is 2.76. The number of carbonyl (C=O) groups is 1. The number of phenols is 1. The number of rotatable bonds is 5. The lowest BCUT2D eigenvalue weighted by atomic mass is 10.3. The second kappa shape index (κ2) is 5.67. The average molecular weight is 277 g/mol. The standard InChI is InChI=1S/C10H12FNO5S/c1-17-10(14)4-5-18(15,16)12-8-6-7(11)2-3-9(8)13/h2-3,6,12-13H,4-5H2,1H3. The fraction of sp³-hybridized carbons (Fsp3) is 0.300. The summed E-state index contributed by atoms with van der Waals surface area (Å²) in [5.41, 5.74) is -0.278. The first-order chi connectivity index (χ1) is 8.34. The van der Waals surface area contributed by atoms with Crippen LogP contribution in [0.4, 0.5) is 10.1 Å². The summed E-state index contributed by atoms with van der Waals surface area (Å²) in [4.78, 5) is 10.8. The molecule has 100 valence electrons. The van der Waals surface area contributed by atoms with Crippen molar-refractivity contribution in [3.8, 4) is 5.75 Å². The van der Waals surface area contributed by atoms with Gasteiger partial charge in [-0.1, -0.05) is 0 Å². The first-order valence-electron chi connectivity index (χ1n) is 4.90. The molecule has 1 rings (SSSR count). The Kier molecular flexibility index (Phi) is 4.49. The van der Waals surface area contributed by atoms with Crippen LogP contribution in [-0.2, 0) is 19.6 Å². The van der Waals surface area contributed by atoms with Crippen molar-refractivity contribution in [1.29, 1.82) is 0 Å². The molecule has 0 amide bonds. The minimum absolute atomic E-state index is 0.278. The summed E-state index contributed by atoms with van der Waals surface area (Å²) < 4.78 is 42.2. The minimum atomic E-state index is -3.86. The summed E-state index contributed by atoms with van der Waals surface area (Å²) in [6, 6.07) is 2.85. The molecular formula is C10H12FNO5S. The first kappa shape index (κ1) is 14.2. The fourth-order valence-corrected chi connectivity index (χ4v) is 2.16. The normalized spacial score (nSPS) is 11.0. The van der Waals surface area contributed by atoms with Gasteiger partial charge in [-0.3, -0.25) is 9.52 Å². The second-order valence-electron chi connectivity index (χ2n) is 3.41. The molecule has 6 nitrogen and oxygen atoms in total. The van der Waals surface area contributed by atoms with Crippen molar-refractivity contribution >= 4 is 21.7 Å². The van der Waals surface area contributed by atoms with E-state index in [2.05, 4.69) is 4.74 Å². The third-order valence-electron chi connectivity index (χ3n) is 2.03. The van der Waals surface area contributed by atoms with Gasteiger partial charge in [0.15, 0.2) is 0 Å². The lowest BCUT2D eigenvalue weighted by molar-refractivity contribution is -0.140. The molecule has 0 saturated carbocycles. The third-order valence-corrected chi connectivity index (χ3v) is 3.30. The van der Waals surface area contributed by atoms with Crippen molar-refractivity contribution in [2.45, 2.75) is 6.42 Å². The summed E-state index contributed by atoms with van der Waals surface area (Å²) in [7, 11) is -2.72. The van der Waals surface area contributed by atoms with E-state index in [0.717, 1.165) is 25.3 Å². The van der Waals surface area contributed by atoms with Gasteiger partial charge in [-0.15, -0.1) is 0 Å². The Labute approximate surface area is 103 Å². The Hall–Kier alpha value is -1.83. The number of methoxy groups -OCH3 is 1. The Morgan fingerprint density at radius 1 is 1.50 bits per heavy atom. The summed E-state index contributed by atoms with van der Waals surface area (Å²) in [6.07, 6.45) is -0.331. The van der Waals surface area contributed by atoms with E-state index in [-0.39, 0.29) is 12.1 Å². The maximum absolute atomic E-state index is 12.9. The molecule has 1 aromatic rings. The zero-order chi connectivity index (χ0) is 13.8. The van der Waals surface area contributed by atoms with E-state index in [0.29, 0.717) is 0 Å². The second-order valence-corrected chi connectivity index (χ2v) is 5.25. The number of hydrogen-bond acceptors (Lipinski definition) is 5. The smallest absolute Gasteiger partial charge is 0.306 e. The number of anilines is 1. The Morgan fingerprint density at radius 2 is 2.17 bits per heavy atom. The van der Waals surface area contributed by atoms with Gasteiger partial charge in [-0.05, 0) is 12.1 Å². The fourth-order valence-electron chi connectivity index (χ4n) is 1.13. The predicted octanol–water partition coefficient (Wildman–Crippen LogP) is 0.836. The summed E-state index contributed by atoms with van der Waals surface area (Å²) in [6.45, 7) is 0. The largest absolute Gasteiger partial charge is 0.506 e. The Morgan fingerprint density at radius 3 is 2.78 bits per heavy atom. The number of phenolic OH excluding ortho intramolecular Hbond substituents is 1. The average Bonchev–Trinajstić information content (AvgIpc) is 2.30. The summed E-state index contributed by atoms with van der Waals surface area (Å²) in [5, 5.41) is 9.34. The van der Waals surface area contributed by atoms with Crippen molar-refractivity contribution in [3.63, 3.8) is 0 Å². The number of aromatic hydroxyl groups is 1. The number of benzene rings is 1. The number of ether oxygens (including phenoxy) is 1. The molecule has 18 heavy (non-hydrogen) atoms. The molecule has 8 heteroatoms. The molecule has 0 radical (unpaired) electrons. The molecule has 0 atom stereocenters. The molecule has 1 aromatic carbocycles. The Bertz CT molecular complexity index is 543. The van der Waals surface area contributed by atoms with E-state index < -0.39 is 33.3 Å². The van der Waals surface area contributed by atoms with Gasteiger partial charge in [0, 0.05) is 6.07 Å². The van der Waals surface area contributed by atoms with E-state index in [1.807, 2.05) is 4.72 Å². The van der Waals surface area contributed by atoms with Crippen LogP contribution in [0.3, 0.4) is 0 Å². The molecule has 2 N–H and O–H groups in total. The van der Waals surface area contributed by atoms with Crippen LogP contribution in [0, 0.1) is 5.82 Å². The van der Waals surface area contributed by atoms with Crippen LogP contribution in [0.1, 0.15) is 6.42 Å². The number of halogens is 1. The minimum Gasteiger partial charge on any atom is -0.506 e. The number of hydrogen-bond donors (Lipinski definition) is 2. The van der Waals surface area contributed by atoms with Gasteiger partial charge in [0.2, 0.25) is 10.0 Å². The molecule has 0 unspecified atom stereocenters. The van der Waals surface area contributed by atoms with Gasteiger partial charge in [0.05, 0.1) is 25.0 Å². The van der Waals surface area contributed by atoms with Gasteiger partial charge >= 0.3 is 5.97 Å². The van der Waals surface area contributed by atoms with Crippen molar-refractivity contribution in [3.05, 3.63) is 24.0 Å². The lowest BCUT2D eigenvalue weighted by Crippen LogP contribution is -2.19. The van der Waals surface area contributed by atoms with Crippen LogP contribution in [0.25, 0.3) is 0 Å². The van der Waals surface area contributed by atoms with E-state index in [1.54, 1.807) is 0 Å². The summed E-state index contributed by atoms with van der Waals surface area (Å²) in [5.74, 6) is -2.30. The zero-order valence-corrected chi connectivity index (χ0v) is 10.3. The highest BCUT2D eigenvalue weighted by molar-refractivity contribution is 7.92. The van der Waals surface area contributed by atoms with Crippen LogP contribution in [0.2, 0.25) is 0 Å². The number of nitrogens with one attached hydrogen (secondary N) is 1. The molecular weight excluding hydrogens is 265 g/mol. The highest BCUT2D eigenvalue weighted by Gasteiger charge is 2.15. The van der Waals surface area contributed by atoms with Crippen molar-refractivity contribution in [1.82, 2.24) is 0 Å². The SMILES string of the molecule is COC(=O)CCS(=O)(=O)Nc1cc(F)ccc1O. The van der Waals surface area contributed by atoms with Crippen molar-refractivity contribution < 1.29 is 27.4 Å². The zero-order valence-electron chi connectivity index (χ0n) is 9.51. The van der Waals surface area contributed by atoms with Gasteiger partial charge < -0.3 is 9.84 Å². The van der Waals surface area contributed by atoms with E-state index >= 15 is 0 Å². The molecule has 0 bridgehead atoms. The van der Waals surface area contributed by atoms with Gasteiger partial charge in [0.25, 0.3) is 0 Å². The molecule has 0 aliphatic carbocycles. The van der Waals surface area contributed by atoms with Crippen LogP contribution < -0.4 is 4.72 Å². The number of carbonyl (C=O) groups excluding carboxylic acids is 1. The molecule has 0 aliphatic rings. The van der Waals surface area contributed by atoms with Gasteiger partial charge in [0.1, 0.15) is 11.6 Å². The van der Waals surface area contributed by atoms with Crippen molar-refractivity contribution in [2.75, 3.05) is 17.6 Å². The molecule has 0 aliphatic heterocycles. The van der Waals surface area contributed by atoms with Crippen LogP contribution in [0.15, 0.2) is 18.2 Å². The highest BCUT2D eigenvalue weighted by atomic mass is 32.2. The van der Waals surface area contributed by atoms with Gasteiger partial charge in [-0.2, -0.15) is 0 Å². The maximum atomic E-state index is 12.9. The number of sulfonamides is 1. The molecule has 0 fully saturated rings.